The van der Waals surface area contributed by atoms with E-state index in [1.807, 2.05) is 34.9 Å². The van der Waals surface area contributed by atoms with Crippen LogP contribution in [0, 0.1) is 0 Å². The minimum atomic E-state index is 0.690. The van der Waals surface area contributed by atoms with Crippen LogP contribution in [0.4, 0.5) is 0 Å². The fourth-order valence-electron chi connectivity index (χ4n) is 2.27. The zero-order valence-electron chi connectivity index (χ0n) is 12.7. The van der Waals surface area contributed by atoms with Gasteiger partial charge in [-0.2, -0.15) is 0 Å². The summed E-state index contributed by atoms with van der Waals surface area (Å²) < 4.78 is 12.6. The van der Waals surface area contributed by atoms with E-state index in [4.69, 9.17) is 14.5 Å². The van der Waals surface area contributed by atoms with Crippen LogP contribution in [0.1, 0.15) is 6.92 Å². The largest absolute Gasteiger partial charge is 0.493 e. The van der Waals surface area contributed by atoms with Crippen molar-refractivity contribution in [2.45, 2.75) is 12.1 Å². The molecule has 0 fully saturated rings. The van der Waals surface area contributed by atoms with Gasteiger partial charge in [-0.25, -0.2) is 9.97 Å². The first-order chi connectivity index (χ1) is 10.8. The van der Waals surface area contributed by atoms with Crippen molar-refractivity contribution in [3.8, 4) is 22.8 Å². The number of thioether (sulfide) groups is 1. The molecule has 0 N–H and O–H groups in total. The Morgan fingerprint density at radius 1 is 1.14 bits per heavy atom. The maximum absolute atomic E-state index is 5.37. The van der Waals surface area contributed by atoms with Crippen LogP contribution in [-0.4, -0.2) is 34.3 Å². The Bertz CT molecular complexity index is 801. The number of nitrogens with zero attached hydrogens (tertiary/aromatic N) is 3. The van der Waals surface area contributed by atoms with Crippen LogP contribution < -0.4 is 9.47 Å². The van der Waals surface area contributed by atoms with Gasteiger partial charge in [-0.15, -0.1) is 0 Å². The highest BCUT2D eigenvalue weighted by Gasteiger charge is 2.11. The van der Waals surface area contributed by atoms with E-state index in [-0.39, 0.29) is 0 Å². The van der Waals surface area contributed by atoms with Gasteiger partial charge >= 0.3 is 0 Å². The van der Waals surface area contributed by atoms with E-state index in [9.17, 15) is 0 Å². The molecule has 5 nitrogen and oxygen atoms in total. The van der Waals surface area contributed by atoms with Crippen LogP contribution >= 0.6 is 11.8 Å². The van der Waals surface area contributed by atoms with Crippen molar-refractivity contribution in [1.82, 2.24) is 14.4 Å². The molecule has 114 valence electrons. The summed E-state index contributed by atoms with van der Waals surface area (Å²) in [6, 6.07) is 7.77. The van der Waals surface area contributed by atoms with Gasteiger partial charge < -0.3 is 9.47 Å². The molecular weight excluding hydrogens is 298 g/mol. The lowest BCUT2D eigenvalue weighted by Crippen LogP contribution is -1.97. The summed E-state index contributed by atoms with van der Waals surface area (Å²) in [5, 5.41) is 0.933. The Balaban J connectivity index is 2.13. The summed E-state index contributed by atoms with van der Waals surface area (Å²) in [7, 11) is 3.26. The Morgan fingerprint density at radius 3 is 2.68 bits per heavy atom. The van der Waals surface area contributed by atoms with Crippen LogP contribution in [0.5, 0.6) is 11.5 Å². The molecule has 2 aromatic heterocycles. The Hall–Kier alpha value is -2.21. The van der Waals surface area contributed by atoms with Gasteiger partial charge in [-0.1, -0.05) is 18.7 Å². The molecule has 0 atom stereocenters. The summed E-state index contributed by atoms with van der Waals surface area (Å²) in [6.07, 6.45) is 3.72. The average Bonchev–Trinajstić information content (AvgIpc) is 3.03. The number of hydrogen-bond donors (Lipinski definition) is 0. The Morgan fingerprint density at radius 2 is 1.95 bits per heavy atom. The second kappa shape index (κ2) is 6.27. The molecule has 0 aliphatic rings. The summed E-state index contributed by atoms with van der Waals surface area (Å²) in [4.78, 5) is 9.13. The third-order valence-corrected chi connectivity index (χ3v) is 4.14. The standard InChI is InChI=1S/C16H17N3O2S/c1-4-22-16-18-12(10-15-17-7-8-19(15)16)11-5-6-13(20-2)14(9-11)21-3/h5-10H,4H2,1-3H3. The lowest BCUT2D eigenvalue weighted by atomic mass is 10.1. The van der Waals surface area contributed by atoms with Gasteiger partial charge in [0.25, 0.3) is 0 Å². The fraction of sp³-hybridized carbons (Fsp3) is 0.250. The van der Waals surface area contributed by atoms with E-state index < -0.39 is 0 Å². The van der Waals surface area contributed by atoms with Crippen LogP contribution in [0.25, 0.3) is 16.9 Å². The maximum Gasteiger partial charge on any atom is 0.174 e. The van der Waals surface area contributed by atoms with Crippen LogP contribution in [0.15, 0.2) is 41.8 Å². The summed E-state index contributed by atoms with van der Waals surface area (Å²) in [5.41, 5.74) is 2.73. The average molecular weight is 315 g/mol. The summed E-state index contributed by atoms with van der Waals surface area (Å²) in [6.45, 7) is 2.11. The molecule has 0 bridgehead atoms. The van der Waals surface area contributed by atoms with Gasteiger partial charge in [0.05, 0.1) is 19.9 Å². The lowest BCUT2D eigenvalue weighted by Gasteiger charge is -2.11. The molecule has 2 heterocycles. The molecule has 3 rings (SSSR count). The van der Waals surface area contributed by atoms with E-state index >= 15 is 0 Å². The maximum atomic E-state index is 5.37. The second-order valence-corrected chi connectivity index (χ2v) is 5.81. The molecule has 0 radical (unpaired) electrons. The first-order valence-electron chi connectivity index (χ1n) is 6.96. The Kier molecular flexibility index (Phi) is 4.20. The van der Waals surface area contributed by atoms with Crippen molar-refractivity contribution < 1.29 is 9.47 Å². The molecular formula is C16H17N3O2S. The predicted molar refractivity (Wildman–Crippen MR) is 87.9 cm³/mol. The molecule has 6 heteroatoms. The fourth-order valence-corrected chi connectivity index (χ4v) is 2.98. The highest BCUT2D eigenvalue weighted by atomic mass is 32.2. The SMILES string of the molecule is CCSc1nc(-c2ccc(OC)c(OC)c2)cc2nccn12. The third kappa shape index (κ3) is 2.62. The third-order valence-electron chi connectivity index (χ3n) is 3.31. The minimum Gasteiger partial charge on any atom is -0.493 e. The van der Waals surface area contributed by atoms with E-state index in [0.717, 1.165) is 27.8 Å². The molecule has 1 aromatic carbocycles. The van der Waals surface area contributed by atoms with Gasteiger partial charge in [0.15, 0.2) is 16.7 Å². The number of aromatic nitrogens is 3. The molecule has 0 unspecified atom stereocenters. The quantitative estimate of drug-likeness (QED) is 0.532. The van der Waals surface area contributed by atoms with E-state index in [1.54, 1.807) is 32.2 Å². The number of methoxy groups -OCH3 is 2. The van der Waals surface area contributed by atoms with Gasteiger partial charge in [-0.3, -0.25) is 4.40 Å². The molecule has 0 saturated carbocycles. The number of hydrogen-bond acceptors (Lipinski definition) is 5. The van der Waals surface area contributed by atoms with Gasteiger partial charge in [-0.05, 0) is 24.0 Å². The summed E-state index contributed by atoms with van der Waals surface area (Å²) >= 11 is 1.69. The highest BCUT2D eigenvalue weighted by molar-refractivity contribution is 7.99. The number of rotatable bonds is 5. The van der Waals surface area contributed by atoms with Gasteiger partial charge in [0.1, 0.15) is 5.65 Å². The van der Waals surface area contributed by atoms with Crippen molar-refractivity contribution in [3.05, 3.63) is 36.7 Å². The number of ether oxygens (including phenoxy) is 2. The first kappa shape index (κ1) is 14.7. The van der Waals surface area contributed by atoms with Crippen molar-refractivity contribution >= 4 is 17.4 Å². The second-order valence-electron chi connectivity index (χ2n) is 4.58. The topological polar surface area (TPSA) is 48.7 Å². The number of imidazole rings is 1. The molecule has 3 aromatic rings. The summed E-state index contributed by atoms with van der Waals surface area (Å²) in [5.74, 6) is 2.35. The Labute approximate surface area is 133 Å². The van der Waals surface area contributed by atoms with Gasteiger partial charge in [0, 0.05) is 24.0 Å². The molecule has 0 saturated heterocycles. The number of benzene rings is 1. The number of fused-ring (bicyclic) bond motifs is 1. The van der Waals surface area contributed by atoms with Crippen LogP contribution in [0.2, 0.25) is 0 Å². The van der Waals surface area contributed by atoms with E-state index in [1.165, 1.54) is 0 Å². The predicted octanol–water partition coefficient (Wildman–Crippen LogP) is 3.53. The van der Waals surface area contributed by atoms with Crippen LogP contribution in [0.3, 0.4) is 0 Å². The molecule has 0 aliphatic heterocycles. The smallest absolute Gasteiger partial charge is 0.174 e. The van der Waals surface area contributed by atoms with Crippen molar-refractivity contribution in [2.75, 3.05) is 20.0 Å². The lowest BCUT2D eigenvalue weighted by molar-refractivity contribution is 0.355. The van der Waals surface area contributed by atoms with E-state index in [0.29, 0.717) is 11.5 Å². The zero-order valence-corrected chi connectivity index (χ0v) is 13.6. The van der Waals surface area contributed by atoms with Crippen LogP contribution in [-0.2, 0) is 0 Å². The minimum absolute atomic E-state index is 0.690. The zero-order chi connectivity index (χ0) is 15.5. The molecule has 22 heavy (non-hydrogen) atoms. The molecule has 0 spiro atoms. The van der Waals surface area contributed by atoms with Crippen molar-refractivity contribution in [2.24, 2.45) is 0 Å². The normalized spacial score (nSPS) is 10.9. The monoisotopic (exact) mass is 315 g/mol. The molecule has 0 aliphatic carbocycles. The van der Waals surface area contributed by atoms with Crippen molar-refractivity contribution in [1.29, 1.82) is 0 Å². The van der Waals surface area contributed by atoms with Crippen molar-refractivity contribution in [3.63, 3.8) is 0 Å². The first-order valence-corrected chi connectivity index (χ1v) is 7.94. The van der Waals surface area contributed by atoms with E-state index in [2.05, 4.69) is 11.9 Å². The highest BCUT2D eigenvalue weighted by Crippen LogP contribution is 2.32. The van der Waals surface area contributed by atoms with Gasteiger partial charge in [0.2, 0.25) is 0 Å². The molecule has 0 amide bonds.